The predicted octanol–water partition coefficient (Wildman–Crippen LogP) is 1.77. The molecule has 0 aromatic carbocycles. The van der Waals surface area contributed by atoms with Crippen LogP contribution in [0.3, 0.4) is 0 Å². The quantitative estimate of drug-likeness (QED) is 0.879. The summed E-state index contributed by atoms with van der Waals surface area (Å²) in [7, 11) is 0. The summed E-state index contributed by atoms with van der Waals surface area (Å²) < 4.78 is 0. The van der Waals surface area contributed by atoms with Gasteiger partial charge in [0.2, 0.25) is 5.91 Å². The Balaban J connectivity index is 1.52. The van der Waals surface area contributed by atoms with Crippen molar-refractivity contribution in [3.8, 4) is 6.07 Å². The molecule has 3 rings (SSSR count). The van der Waals surface area contributed by atoms with Crippen molar-refractivity contribution in [3.05, 3.63) is 11.1 Å². The number of nitriles is 1. The molecule has 1 saturated heterocycles. The number of anilines is 1. The van der Waals surface area contributed by atoms with Crippen LogP contribution in [-0.4, -0.2) is 53.6 Å². The number of aryl methyl sites for hydroxylation is 1. The van der Waals surface area contributed by atoms with Crippen LogP contribution < -0.4 is 10.2 Å². The van der Waals surface area contributed by atoms with E-state index in [-0.39, 0.29) is 5.91 Å². The van der Waals surface area contributed by atoms with E-state index in [1.165, 1.54) is 0 Å². The number of thiazole rings is 1. The average molecular weight is 347 g/mol. The van der Waals surface area contributed by atoms with Crippen molar-refractivity contribution >= 4 is 22.4 Å². The number of aromatic nitrogens is 1. The fourth-order valence-corrected chi connectivity index (χ4v) is 4.28. The van der Waals surface area contributed by atoms with Crippen molar-refractivity contribution in [2.24, 2.45) is 5.92 Å². The summed E-state index contributed by atoms with van der Waals surface area (Å²) in [4.78, 5) is 21.4. The minimum absolute atomic E-state index is 0.0447. The van der Waals surface area contributed by atoms with Gasteiger partial charge in [-0.1, -0.05) is 0 Å². The molecule has 1 aliphatic carbocycles. The lowest BCUT2D eigenvalue weighted by atomic mass is 9.98. The van der Waals surface area contributed by atoms with Crippen LogP contribution >= 0.6 is 11.3 Å². The molecule has 1 aliphatic heterocycles. The van der Waals surface area contributed by atoms with Gasteiger partial charge in [-0.2, -0.15) is 5.26 Å². The molecule has 1 N–H and O–H groups in total. The fourth-order valence-electron chi connectivity index (χ4n) is 3.35. The first kappa shape index (κ1) is 17.2. The van der Waals surface area contributed by atoms with Gasteiger partial charge in [0.15, 0.2) is 5.13 Å². The van der Waals surface area contributed by atoms with Gasteiger partial charge in [0.05, 0.1) is 18.3 Å². The first-order valence-electron chi connectivity index (χ1n) is 8.54. The van der Waals surface area contributed by atoms with Crippen LogP contribution in [0.15, 0.2) is 5.38 Å². The number of nitrogens with zero attached hydrogens (tertiary/aromatic N) is 4. The molecule has 1 saturated carbocycles. The molecule has 2 atom stereocenters. The van der Waals surface area contributed by atoms with E-state index in [2.05, 4.69) is 38.5 Å². The van der Waals surface area contributed by atoms with Crippen molar-refractivity contribution in [3.63, 3.8) is 0 Å². The highest BCUT2D eigenvalue weighted by molar-refractivity contribution is 7.13. The third kappa shape index (κ3) is 3.70. The maximum absolute atomic E-state index is 12.4. The lowest BCUT2D eigenvalue weighted by Crippen LogP contribution is -2.56. The molecule has 0 spiro atoms. The topological polar surface area (TPSA) is 72.3 Å². The minimum atomic E-state index is -0.705. The average Bonchev–Trinajstić information content (AvgIpc) is 3.30. The van der Waals surface area contributed by atoms with E-state index >= 15 is 0 Å². The summed E-state index contributed by atoms with van der Waals surface area (Å²) in [6.45, 7) is 8.93. The smallest absolute Gasteiger partial charge is 0.235 e. The third-order valence-corrected chi connectivity index (χ3v) is 5.95. The molecule has 7 heteroatoms. The van der Waals surface area contributed by atoms with Crippen LogP contribution in [0.1, 0.15) is 32.4 Å². The number of piperazine rings is 1. The zero-order valence-corrected chi connectivity index (χ0v) is 15.4. The molecule has 2 unspecified atom stereocenters. The van der Waals surface area contributed by atoms with Crippen molar-refractivity contribution in [2.75, 3.05) is 31.1 Å². The molecular formula is C17H25N5OS. The van der Waals surface area contributed by atoms with Crippen molar-refractivity contribution < 1.29 is 4.79 Å². The Morgan fingerprint density at radius 2 is 2.29 bits per heavy atom. The van der Waals surface area contributed by atoms with E-state index in [9.17, 15) is 10.1 Å². The normalized spacial score (nSPS) is 24.2. The summed E-state index contributed by atoms with van der Waals surface area (Å²) in [6.07, 6.45) is 2.07. The SMILES string of the molecule is Cc1csc(N2CCN(CC(=O)NC(C)(C#N)C3CC3)CC2C)n1. The summed E-state index contributed by atoms with van der Waals surface area (Å²) >= 11 is 1.68. The van der Waals surface area contributed by atoms with Crippen molar-refractivity contribution in [2.45, 2.75) is 45.2 Å². The molecule has 0 radical (unpaired) electrons. The monoisotopic (exact) mass is 347 g/mol. The van der Waals surface area contributed by atoms with Gasteiger partial charge in [-0.25, -0.2) is 4.98 Å². The van der Waals surface area contributed by atoms with E-state index in [0.717, 1.165) is 43.3 Å². The summed E-state index contributed by atoms with van der Waals surface area (Å²) in [5.74, 6) is 0.270. The van der Waals surface area contributed by atoms with E-state index in [1.807, 2.05) is 13.8 Å². The van der Waals surface area contributed by atoms with Gasteiger partial charge in [-0.15, -0.1) is 11.3 Å². The third-order valence-electron chi connectivity index (χ3n) is 4.96. The molecule has 1 aromatic heterocycles. The molecule has 24 heavy (non-hydrogen) atoms. The lowest BCUT2D eigenvalue weighted by molar-refractivity contribution is -0.123. The lowest BCUT2D eigenvalue weighted by Gasteiger charge is -2.39. The number of hydrogen-bond acceptors (Lipinski definition) is 6. The maximum atomic E-state index is 12.4. The fraction of sp³-hybridized carbons (Fsp3) is 0.706. The molecule has 1 amide bonds. The zero-order valence-electron chi connectivity index (χ0n) is 14.6. The Morgan fingerprint density at radius 1 is 1.54 bits per heavy atom. The van der Waals surface area contributed by atoms with Gasteiger partial charge < -0.3 is 10.2 Å². The predicted molar refractivity (Wildman–Crippen MR) is 95.0 cm³/mol. The van der Waals surface area contributed by atoms with Crippen LogP contribution in [0.25, 0.3) is 0 Å². The Hall–Kier alpha value is -1.65. The minimum Gasteiger partial charge on any atom is -0.343 e. The Kier molecular flexibility index (Phi) is 4.79. The van der Waals surface area contributed by atoms with Crippen LogP contribution in [-0.2, 0) is 4.79 Å². The van der Waals surface area contributed by atoms with Crippen LogP contribution in [0, 0.1) is 24.2 Å². The molecule has 6 nitrogen and oxygen atoms in total. The second-order valence-electron chi connectivity index (χ2n) is 7.19. The number of carbonyl (C=O) groups excluding carboxylic acids is 1. The van der Waals surface area contributed by atoms with Crippen LogP contribution in [0.5, 0.6) is 0 Å². The van der Waals surface area contributed by atoms with Gasteiger partial charge in [0.1, 0.15) is 5.54 Å². The summed E-state index contributed by atoms with van der Waals surface area (Å²) in [5.41, 5.74) is 0.350. The number of nitrogens with one attached hydrogen (secondary N) is 1. The van der Waals surface area contributed by atoms with Crippen LogP contribution in [0.2, 0.25) is 0 Å². The van der Waals surface area contributed by atoms with Gasteiger partial charge in [-0.05, 0) is 39.5 Å². The second kappa shape index (κ2) is 6.69. The number of carbonyl (C=O) groups is 1. The number of amides is 1. The Labute approximate surface area is 147 Å². The highest BCUT2D eigenvalue weighted by Gasteiger charge is 2.43. The van der Waals surface area contributed by atoms with Gasteiger partial charge in [0.25, 0.3) is 0 Å². The van der Waals surface area contributed by atoms with Gasteiger partial charge in [0, 0.05) is 31.1 Å². The summed E-state index contributed by atoms with van der Waals surface area (Å²) in [6, 6.07) is 2.60. The Morgan fingerprint density at radius 3 is 2.83 bits per heavy atom. The highest BCUT2D eigenvalue weighted by Crippen LogP contribution is 2.39. The number of rotatable bonds is 5. The van der Waals surface area contributed by atoms with E-state index in [0.29, 0.717) is 18.5 Å². The van der Waals surface area contributed by atoms with Gasteiger partial charge >= 0.3 is 0 Å². The zero-order chi connectivity index (χ0) is 17.3. The first-order chi connectivity index (χ1) is 11.4. The van der Waals surface area contributed by atoms with E-state index in [1.54, 1.807) is 11.3 Å². The largest absolute Gasteiger partial charge is 0.343 e. The van der Waals surface area contributed by atoms with E-state index < -0.39 is 5.54 Å². The molecular weight excluding hydrogens is 322 g/mol. The van der Waals surface area contributed by atoms with Crippen LogP contribution in [0.4, 0.5) is 5.13 Å². The second-order valence-corrected chi connectivity index (χ2v) is 8.02. The molecule has 130 valence electrons. The molecule has 2 heterocycles. The van der Waals surface area contributed by atoms with Crippen molar-refractivity contribution in [1.82, 2.24) is 15.2 Å². The standard InChI is InChI=1S/C17H25N5OS/c1-12-10-24-16(19-12)22-7-6-21(8-13(22)2)9-15(23)20-17(3,11-18)14-4-5-14/h10,13-14H,4-9H2,1-3H3,(H,20,23). The van der Waals surface area contributed by atoms with E-state index in [4.69, 9.17) is 0 Å². The molecule has 2 fully saturated rings. The molecule has 1 aromatic rings. The Bertz CT molecular complexity index is 650. The molecule has 0 bridgehead atoms. The van der Waals surface area contributed by atoms with Crippen molar-refractivity contribution in [1.29, 1.82) is 5.26 Å². The molecule has 2 aliphatic rings. The number of hydrogen-bond donors (Lipinski definition) is 1. The van der Waals surface area contributed by atoms with Gasteiger partial charge in [-0.3, -0.25) is 9.69 Å². The summed E-state index contributed by atoms with van der Waals surface area (Å²) in [5, 5.41) is 15.4. The first-order valence-corrected chi connectivity index (χ1v) is 9.42. The maximum Gasteiger partial charge on any atom is 0.235 e. The highest BCUT2D eigenvalue weighted by atomic mass is 32.1.